The van der Waals surface area contributed by atoms with Crippen molar-refractivity contribution in [3.8, 4) is 5.75 Å². The number of methoxy groups -OCH3 is 1. The van der Waals surface area contributed by atoms with Gasteiger partial charge in [-0.15, -0.1) is 0 Å². The second-order valence-corrected chi connectivity index (χ2v) is 10.7. The first-order chi connectivity index (χ1) is 18.5. The molecule has 39 heavy (non-hydrogen) atoms. The highest BCUT2D eigenvalue weighted by Crippen LogP contribution is 2.44. The van der Waals surface area contributed by atoms with Crippen LogP contribution in [0.25, 0.3) is 5.76 Å². The summed E-state index contributed by atoms with van der Waals surface area (Å²) in [6, 6.07) is 19.0. The molecule has 1 atom stereocenters. The van der Waals surface area contributed by atoms with Crippen LogP contribution in [0.5, 0.6) is 5.75 Å². The van der Waals surface area contributed by atoms with E-state index >= 15 is 0 Å². The third-order valence-electron chi connectivity index (χ3n) is 6.93. The Morgan fingerprint density at radius 2 is 1.64 bits per heavy atom. The zero-order valence-electron chi connectivity index (χ0n) is 23.2. The number of carbonyl (C=O) groups is 3. The highest BCUT2D eigenvalue weighted by molar-refractivity contribution is 6.51. The molecule has 0 saturated carbocycles. The molecule has 4 rings (SSSR count). The van der Waals surface area contributed by atoms with Crippen LogP contribution in [0.1, 0.15) is 62.9 Å². The van der Waals surface area contributed by atoms with Crippen molar-refractivity contribution < 1.29 is 24.2 Å². The third kappa shape index (κ3) is 5.43. The Morgan fingerprint density at radius 1 is 1.00 bits per heavy atom. The number of nitrogens with zero attached hydrogens (tertiary/aromatic N) is 1. The van der Waals surface area contributed by atoms with E-state index in [-0.39, 0.29) is 22.7 Å². The van der Waals surface area contributed by atoms with Gasteiger partial charge in [0.2, 0.25) is 5.91 Å². The van der Waals surface area contributed by atoms with E-state index < -0.39 is 17.7 Å². The first kappa shape index (κ1) is 27.6. The third-order valence-corrected chi connectivity index (χ3v) is 6.93. The summed E-state index contributed by atoms with van der Waals surface area (Å²) in [6.45, 7) is 9.62. The SMILES string of the molecule is CCc1ccc(C2/C(=C(\O)c3cc(C(C)(C)C)ccc3OC)C(=O)C(=O)N2c2ccc(NC(C)=O)cc2)cc1. The monoisotopic (exact) mass is 526 g/mol. The molecule has 3 aromatic rings. The second-order valence-electron chi connectivity index (χ2n) is 10.7. The molecule has 0 aromatic heterocycles. The number of aliphatic hydroxyl groups excluding tert-OH is 1. The summed E-state index contributed by atoms with van der Waals surface area (Å²) in [4.78, 5) is 40.0. The van der Waals surface area contributed by atoms with Gasteiger partial charge in [-0.1, -0.05) is 58.0 Å². The van der Waals surface area contributed by atoms with Crippen molar-refractivity contribution in [3.05, 3.63) is 94.6 Å². The number of anilines is 2. The van der Waals surface area contributed by atoms with Crippen LogP contribution in [0.15, 0.2) is 72.3 Å². The lowest BCUT2D eigenvalue weighted by atomic mass is 9.85. The molecular formula is C32H34N2O5. The fourth-order valence-corrected chi connectivity index (χ4v) is 4.76. The Balaban J connectivity index is 1.94. The number of nitrogens with one attached hydrogen (secondary N) is 1. The lowest BCUT2D eigenvalue weighted by Gasteiger charge is -2.26. The highest BCUT2D eigenvalue weighted by atomic mass is 16.5. The van der Waals surface area contributed by atoms with Gasteiger partial charge < -0.3 is 15.2 Å². The Labute approximate surface area is 229 Å². The smallest absolute Gasteiger partial charge is 0.300 e. The number of rotatable bonds is 6. The molecule has 2 amide bonds. The molecule has 0 radical (unpaired) electrons. The van der Waals surface area contributed by atoms with E-state index in [9.17, 15) is 19.5 Å². The number of ether oxygens (including phenoxy) is 1. The molecule has 1 aliphatic heterocycles. The van der Waals surface area contributed by atoms with Gasteiger partial charge in [0, 0.05) is 18.3 Å². The molecule has 0 spiro atoms. The Hall–Kier alpha value is -4.39. The van der Waals surface area contributed by atoms with E-state index in [1.807, 2.05) is 37.3 Å². The van der Waals surface area contributed by atoms with E-state index in [2.05, 4.69) is 26.1 Å². The number of aryl methyl sites for hydroxylation is 1. The van der Waals surface area contributed by atoms with Crippen LogP contribution in [0.4, 0.5) is 11.4 Å². The maximum absolute atomic E-state index is 13.6. The number of aliphatic hydroxyl groups is 1. The quantitative estimate of drug-likeness (QED) is 0.229. The summed E-state index contributed by atoms with van der Waals surface area (Å²) in [6.07, 6.45) is 0.835. The molecule has 0 bridgehead atoms. The topological polar surface area (TPSA) is 95.9 Å². The predicted octanol–water partition coefficient (Wildman–Crippen LogP) is 6.14. The van der Waals surface area contributed by atoms with Crippen LogP contribution in [-0.2, 0) is 26.2 Å². The molecule has 1 saturated heterocycles. The largest absolute Gasteiger partial charge is 0.507 e. The summed E-state index contributed by atoms with van der Waals surface area (Å²) in [5.41, 5.74) is 3.87. The molecule has 1 unspecified atom stereocenters. The van der Waals surface area contributed by atoms with Gasteiger partial charge in [0.05, 0.1) is 24.3 Å². The predicted molar refractivity (Wildman–Crippen MR) is 153 cm³/mol. The van der Waals surface area contributed by atoms with Crippen molar-refractivity contribution in [2.75, 3.05) is 17.3 Å². The summed E-state index contributed by atoms with van der Waals surface area (Å²) >= 11 is 0. The van der Waals surface area contributed by atoms with Crippen molar-refractivity contribution in [1.29, 1.82) is 0 Å². The van der Waals surface area contributed by atoms with Gasteiger partial charge in [-0.05, 0) is 64.9 Å². The van der Waals surface area contributed by atoms with Crippen LogP contribution in [0, 0.1) is 0 Å². The molecule has 7 heteroatoms. The zero-order chi connectivity index (χ0) is 28.5. The molecule has 1 aliphatic rings. The number of ketones is 1. The first-order valence-electron chi connectivity index (χ1n) is 12.9. The van der Waals surface area contributed by atoms with Gasteiger partial charge in [-0.25, -0.2) is 0 Å². The number of benzene rings is 3. The molecule has 2 N–H and O–H groups in total. The molecule has 1 fully saturated rings. The molecule has 3 aromatic carbocycles. The van der Waals surface area contributed by atoms with Crippen molar-refractivity contribution in [1.82, 2.24) is 0 Å². The lowest BCUT2D eigenvalue weighted by molar-refractivity contribution is -0.132. The van der Waals surface area contributed by atoms with Crippen LogP contribution in [0.2, 0.25) is 0 Å². The van der Waals surface area contributed by atoms with Gasteiger partial charge in [0.15, 0.2) is 0 Å². The fourth-order valence-electron chi connectivity index (χ4n) is 4.76. The van der Waals surface area contributed by atoms with Gasteiger partial charge in [0.25, 0.3) is 11.7 Å². The maximum Gasteiger partial charge on any atom is 0.300 e. The number of amides is 2. The minimum atomic E-state index is -0.870. The summed E-state index contributed by atoms with van der Waals surface area (Å²) < 4.78 is 5.54. The van der Waals surface area contributed by atoms with Crippen molar-refractivity contribution in [2.24, 2.45) is 0 Å². The Kier molecular flexibility index (Phi) is 7.63. The van der Waals surface area contributed by atoms with Crippen LogP contribution < -0.4 is 15.0 Å². The Morgan fingerprint density at radius 3 is 2.18 bits per heavy atom. The van der Waals surface area contributed by atoms with Crippen molar-refractivity contribution in [2.45, 2.75) is 52.5 Å². The second kappa shape index (κ2) is 10.8. The van der Waals surface area contributed by atoms with Gasteiger partial charge >= 0.3 is 0 Å². The van der Waals surface area contributed by atoms with E-state index in [0.29, 0.717) is 28.3 Å². The van der Waals surface area contributed by atoms with E-state index in [0.717, 1.165) is 17.5 Å². The molecule has 1 heterocycles. The minimum Gasteiger partial charge on any atom is -0.507 e. The normalized spacial score (nSPS) is 16.9. The number of Topliss-reactive ketones (excluding diaryl/α,β-unsaturated/α-hetero) is 1. The van der Waals surface area contributed by atoms with Crippen molar-refractivity contribution in [3.63, 3.8) is 0 Å². The average molecular weight is 527 g/mol. The minimum absolute atomic E-state index is 0.0143. The highest BCUT2D eigenvalue weighted by Gasteiger charge is 2.47. The summed E-state index contributed by atoms with van der Waals surface area (Å²) in [5, 5.41) is 14.4. The molecule has 202 valence electrons. The van der Waals surface area contributed by atoms with Crippen molar-refractivity contribution >= 4 is 34.7 Å². The fraction of sp³-hybridized carbons (Fsp3) is 0.281. The average Bonchev–Trinajstić information content (AvgIpc) is 3.17. The molecule has 0 aliphatic carbocycles. The van der Waals surface area contributed by atoms with E-state index in [4.69, 9.17) is 4.74 Å². The van der Waals surface area contributed by atoms with Gasteiger partial charge in [-0.3, -0.25) is 19.3 Å². The maximum atomic E-state index is 13.6. The summed E-state index contributed by atoms with van der Waals surface area (Å²) in [5.74, 6) is -1.65. The Bertz CT molecular complexity index is 1450. The standard InChI is InChI=1S/C32H34N2O5/c1-7-20-8-10-21(11-9-20)28-27(29(36)25-18-22(32(3,4)5)12-17-26(25)39-6)30(37)31(38)34(28)24-15-13-23(14-16-24)33-19(2)35/h8-18,28,36H,7H2,1-6H3,(H,33,35)/b29-27+. The van der Waals surface area contributed by atoms with Crippen LogP contribution >= 0.6 is 0 Å². The molecular weight excluding hydrogens is 492 g/mol. The number of hydrogen-bond donors (Lipinski definition) is 2. The zero-order valence-corrected chi connectivity index (χ0v) is 23.2. The first-order valence-corrected chi connectivity index (χ1v) is 12.9. The summed E-state index contributed by atoms with van der Waals surface area (Å²) in [7, 11) is 1.50. The number of carbonyl (C=O) groups excluding carboxylic acids is 3. The van der Waals surface area contributed by atoms with Crippen LogP contribution in [0.3, 0.4) is 0 Å². The molecule has 7 nitrogen and oxygen atoms in total. The lowest BCUT2D eigenvalue weighted by Crippen LogP contribution is -2.29. The van der Waals surface area contributed by atoms with E-state index in [1.54, 1.807) is 36.4 Å². The van der Waals surface area contributed by atoms with Gasteiger partial charge in [-0.2, -0.15) is 0 Å². The van der Waals surface area contributed by atoms with Gasteiger partial charge in [0.1, 0.15) is 11.5 Å². The van der Waals surface area contributed by atoms with Crippen LogP contribution in [-0.4, -0.2) is 29.8 Å². The van der Waals surface area contributed by atoms with E-state index in [1.165, 1.54) is 18.9 Å². The number of hydrogen-bond acceptors (Lipinski definition) is 5.